The van der Waals surface area contributed by atoms with Crippen LogP contribution in [-0.2, 0) is 4.79 Å². The molecule has 4 heteroatoms. The van der Waals surface area contributed by atoms with Crippen molar-refractivity contribution in [3.8, 4) is 0 Å². The SMILES string of the molecule is O=C(C(=Cc1ccc(Br)cc1)c1cccs1)N1CCCCC1. The average molecular weight is 376 g/mol. The third kappa shape index (κ3) is 3.68. The Hall–Kier alpha value is -1.39. The summed E-state index contributed by atoms with van der Waals surface area (Å²) in [5.41, 5.74) is 1.86. The number of hydrogen-bond acceptors (Lipinski definition) is 2. The lowest BCUT2D eigenvalue weighted by molar-refractivity contribution is -0.125. The van der Waals surface area contributed by atoms with E-state index in [4.69, 9.17) is 0 Å². The molecule has 0 atom stereocenters. The quantitative estimate of drug-likeness (QED) is 0.686. The van der Waals surface area contributed by atoms with Gasteiger partial charge in [0.15, 0.2) is 0 Å². The molecule has 0 spiro atoms. The fourth-order valence-corrected chi connectivity index (χ4v) is 3.66. The summed E-state index contributed by atoms with van der Waals surface area (Å²) in [6.07, 6.45) is 5.47. The van der Waals surface area contributed by atoms with Gasteiger partial charge in [-0.25, -0.2) is 0 Å². The molecule has 0 aliphatic carbocycles. The van der Waals surface area contributed by atoms with Crippen LogP contribution in [0.15, 0.2) is 46.3 Å². The summed E-state index contributed by atoms with van der Waals surface area (Å²) in [6, 6.07) is 12.1. The van der Waals surface area contributed by atoms with Crippen LogP contribution in [0.1, 0.15) is 29.7 Å². The first-order valence-electron chi connectivity index (χ1n) is 7.54. The van der Waals surface area contributed by atoms with Gasteiger partial charge < -0.3 is 4.90 Å². The van der Waals surface area contributed by atoms with E-state index in [2.05, 4.69) is 15.9 Å². The minimum absolute atomic E-state index is 0.157. The molecule has 2 aromatic rings. The van der Waals surface area contributed by atoms with E-state index in [1.807, 2.05) is 52.8 Å². The number of thiophene rings is 1. The van der Waals surface area contributed by atoms with Gasteiger partial charge in [0.05, 0.1) is 5.57 Å². The first-order valence-corrected chi connectivity index (χ1v) is 9.22. The second-order valence-electron chi connectivity index (χ2n) is 5.44. The average Bonchev–Trinajstić information content (AvgIpc) is 3.09. The molecular formula is C18H18BrNOS. The van der Waals surface area contributed by atoms with Gasteiger partial charge in [0.25, 0.3) is 5.91 Å². The summed E-state index contributed by atoms with van der Waals surface area (Å²) in [6.45, 7) is 1.75. The highest BCUT2D eigenvalue weighted by atomic mass is 79.9. The standard InChI is InChI=1S/C18H18BrNOS/c19-15-8-6-14(7-9-15)13-16(17-5-4-12-22-17)18(21)20-10-2-1-3-11-20/h4-9,12-13H,1-3,10-11H2. The predicted octanol–water partition coefficient (Wildman–Crippen LogP) is 5.06. The number of amides is 1. The maximum absolute atomic E-state index is 12.9. The number of rotatable bonds is 3. The zero-order chi connectivity index (χ0) is 15.4. The molecule has 1 aliphatic heterocycles. The molecule has 0 N–H and O–H groups in total. The fourth-order valence-electron chi connectivity index (χ4n) is 2.66. The zero-order valence-electron chi connectivity index (χ0n) is 12.3. The van der Waals surface area contributed by atoms with Gasteiger partial charge >= 0.3 is 0 Å². The molecule has 1 amide bonds. The molecule has 114 valence electrons. The van der Waals surface area contributed by atoms with Gasteiger partial charge in [-0.3, -0.25) is 4.79 Å². The number of carbonyl (C=O) groups is 1. The van der Waals surface area contributed by atoms with Crippen molar-refractivity contribution in [1.82, 2.24) is 4.90 Å². The molecule has 2 heterocycles. The van der Waals surface area contributed by atoms with Crippen LogP contribution in [-0.4, -0.2) is 23.9 Å². The third-order valence-corrected chi connectivity index (χ3v) is 5.27. The van der Waals surface area contributed by atoms with Gasteiger partial charge in [0.1, 0.15) is 0 Å². The van der Waals surface area contributed by atoms with Crippen molar-refractivity contribution >= 4 is 44.8 Å². The van der Waals surface area contributed by atoms with Crippen molar-refractivity contribution in [2.24, 2.45) is 0 Å². The molecular weight excluding hydrogens is 358 g/mol. The number of carbonyl (C=O) groups excluding carboxylic acids is 1. The Morgan fingerprint density at radius 3 is 2.45 bits per heavy atom. The molecule has 2 nitrogen and oxygen atoms in total. The van der Waals surface area contributed by atoms with Crippen LogP contribution in [0.3, 0.4) is 0 Å². The molecule has 1 fully saturated rings. The van der Waals surface area contributed by atoms with Gasteiger partial charge in [-0.15, -0.1) is 11.3 Å². The summed E-state index contributed by atoms with van der Waals surface area (Å²) < 4.78 is 1.05. The van der Waals surface area contributed by atoms with Crippen LogP contribution >= 0.6 is 27.3 Å². The van der Waals surface area contributed by atoms with E-state index in [0.717, 1.165) is 46.4 Å². The normalized spacial score (nSPS) is 15.9. The van der Waals surface area contributed by atoms with Crippen LogP contribution in [0.5, 0.6) is 0 Å². The van der Waals surface area contributed by atoms with Crippen LogP contribution in [0.4, 0.5) is 0 Å². The second-order valence-corrected chi connectivity index (χ2v) is 7.30. The highest BCUT2D eigenvalue weighted by Gasteiger charge is 2.21. The minimum atomic E-state index is 0.157. The molecule has 0 radical (unpaired) electrons. The molecule has 3 rings (SSSR count). The fraction of sp³-hybridized carbons (Fsp3) is 0.278. The topological polar surface area (TPSA) is 20.3 Å². The van der Waals surface area contributed by atoms with Crippen molar-refractivity contribution in [2.45, 2.75) is 19.3 Å². The first-order chi connectivity index (χ1) is 10.7. The second kappa shape index (κ2) is 7.25. The van der Waals surface area contributed by atoms with Crippen LogP contribution in [0.25, 0.3) is 11.6 Å². The molecule has 0 saturated carbocycles. The summed E-state index contributed by atoms with van der Waals surface area (Å²) >= 11 is 5.07. The number of nitrogens with zero attached hydrogens (tertiary/aromatic N) is 1. The molecule has 1 aromatic carbocycles. The Bertz CT molecular complexity index is 655. The lowest BCUT2D eigenvalue weighted by Crippen LogP contribution is -2.36. The van der Waals surface area contributed by atoms with E-state index in [9.17, 15) is 4.79 Å². The summed E-state index contributed by atoms with van der Waals surface area (Å²) in [7, 11) is 0. The van der Waals surface area contributed by atoms with Gasteiger partial charge in [-0.05, 0) is 54.5 Å². The molecule has 1 aliphatic rings. The minimum Gasteiger partial charge on any atom is -0.339 e. The summed E-state index contributed by atoms with van der Waals surface area (Å²) in [4.78, 5) is 16.0. The van der Waals surface area contributed by atoms with Gasteiger partial charge in [-0.1, -0.05) is 34.1 Å². The highest BCUT2D eigenvalue weighted by Crippen LogP contribution is 2.26. The van der Waals surface area contributed by atoms with E-state index in [-0.39, 0.29) is 5.91 Å². The largest absolute Gasteiger partial charge is 0.339 e. The third-order valence-electron chi connectivity index (χ3n) is 3.84. The van der Waals surface area contributed by atoms with E-state index in [1.54, 1.807) is 11.3 Å². The van der Waals surface area contributed by atoms with Crippen LogP contribution in [0.2, 0.25) is 0 Å². The maximum atomic E-state index is 12.9. The lowest BCUT2D eigenvalue weighted by atomic mass is 10.1. The maximum Gasteiger partial charge on any atom is 0.255 e. The van der Waals surface area contributed by atoms with E-state index in [1.165, 1.54) is 6.42 Å². The van der Waals surface area contributed by atoms with E-state index in [0.29, 0.717) is 0 Å². The smallest absolute Gasteiger partial charge is 0.255 e. The van der Waals surface area contributed by atoms with Crippen molar-refractivity contribution in [2.75, 3.05) is 13.1 Å². The number of piperidine rings is 1. The van der Waals surface area contributed by atoms with Crippen molar-refractivity contribution in [3.63, 3.8) is 0 Å². The van der Waals surface area contributed by atoms with Crippen LogP contribution < -0.4 is 0 Å². The molecule has 22 heavy (non-hydrogen) atoms. The Balaban J connectivity index is 1.93. The van der Waals surface area contributed by atoms with Crippen molar-refractivity contribution in [1.29, 1.82) is 0 Å². The highest BCUT2D eigenvalue weighted by molar-refractivity contribution is 9.10. The van der Waals surface area contributed by atoms with Crippen molar-refractivity contribution in [3.05, 3.63) is 56.7 Å². The van der Waals surface area contributed by atoms with E-state index >= 15 is 0 Å². The van der Waals surface area contributed by atoms with Crippen molar-refractivity contribution < 1.29 is 4.79 Å². The van der Waals surface area contributed by atoms with E-state index < -0.39 is 0 Å². The number of likely N-dealkylation sites (tertiary alicyclic amines) is 1. The Labute approximate surface area is 143 Å². The lowest BCUT2D eigenvalue weighted by Gasteiger charge is -2.27. The number of hydrogen-bond donors (Lipinski definition) is 0. The first kappa shape index (κ1) is 15.5. The number of halogens is 1. The molecule has 0 bridgehead atoms. The van der Waals surface area contributed by atoms with Crippen LogP contribution in [0, 0.1) is 0 Å². The summed E-state index contributed by atoms with van der Waals surface area (Å²) in [5.74, 6) is 0.157. The zero-order valence-corrected chi connectivity index (χ0v) is 14.7. The number of benzene rings is 1. The Kier molecular flexibility index (Phi) is 5.11. The van der Waals surface area contributed by atoms with Gasteiger partial charge in [0.2, 0.25) is 0 Å². The molecule has 1 saturated heterocycles. The predicted molar refractivity (Wildman–Crippen MR) is 96.8 cm³/mol. The molecule has 0 unspecified atom stereocenters. The molecule has 1 aromatic heterocycles. The van der Waals surface area contributed by atoms with Gasteiger partial charge in [0, 0.05) is 22.4 Å². The Morgan fingerprint density at radius 1 is 1.09 bits per heavy atom. The summed E-state index contributed by atoms with van der Waals surface area (Å²) in [5, 5.41) is 2.02. The van der Waals surface area contributed by atoms with Gasteiger partial charge in [-0.2, -0.15) is 0 Å². The monoisotopic (exact) mass is 375 g/mol. The Morgan fingerprint density at radius 2 is 1.82 bits per heavy atom.